The smallest absolute Gasteiger partial charge is 0.303 e. The van der Waals surface area contributed by atoms with E-state index < -0.39 is 5.97 Å². The molecular weight excluding hydrogens is 619 g/mol. The van der Waals surface area contributed by atoms with Crippen LogP contribution in [0.25, 0.3) is 6.08 Å². The van der Waals surface area contributed by atoms with Crippen LogP contribution in [0.3, 0.4) is 0 Å². The number of carbonyl (C=O) groups excluding carboxylic acids is 1. The number of nitrogens with zero attached hydrogens (tertiary/aromatic N) is 5. The molecule has 0 unspecified atom stereocenters. The van der Waals surface area contributed by atoms with E-state index in [4.69, 9.17) is 17.3 Å². The molecule has 2 aromatic rings. The Balaban J connectivity index is 1.44. The molecule has 9 nitrogen and oxygen atoms in total. The van der Waals surface area contributed by atoms with Crippen LogP contribution in [0.5, 0.6) is 0 Å². The number of nitriles is 1. The van der Waals surface area contributed by atoms with Gasteiger partial charge in [0.1, 0.15) is 21.8 Å². The molecule has 1 aromatic carbocycles. The molecule has 1 N–H and O–H groups in total. The first-order valence-electron chi connectivity index (χ1n) is 16.4. The van der Waals surface area contributed by atoms with Crippen LogP contribution in [0.15, 0.2) is 40.0 Å². The number of rotatable bonds is 16. The maximum Gasteiger partial charge on any atom is 0.303 e. The highest BCUT2D eigenvalue weighted by molar-refractivity contribution is 8.26. The summed E-state index contributed by atoms with van der Waals surface area (Å²) in [7, 11) is 0. The van der Waals surface area contributed by atoms with E-state index in [0.29, 0.717) is 27.9 Å². The Kier molecular flexibility index (Phi) is 13.4. The quantitative estimate of drug-likeness (QED) is 0.128. The van der Waals surface area contributed by atoms with E-state index in [-0.39, 0.29) is 23.5 Å². The third-order valence-corrected chi connectivity index (χ3v) is 10.1. The number of hydrogen-bond acceptors (Lipinski definition) is 8. The van der Waals surface area contributed by atoms with E-state index >= 15 is 0 Å². The van der Waals surface area contributed by atoms with Gasteiger partial charge >= 0.3 is 5.97 Å². The first-order valence-corrected chi connectivity index (χ1v) is 17.6. The Labute approximate surface area is 281 Å². The van der Waals surface area contributed by atoms with Crippen molar-refractivity contribution in [3.05, 3.63) is 67.8 Å². The van der Waals surface area contributed by atoms with Crippen LogP contribution >= 0.6 is 24.0 Å². The number of amides is 1. The van der Waals surface area contributed by atoms with Gasteiger partial charge in [0.15, 0.2) is 0 Å². The lowest BCUT2D eigenvalue weighted by atomic mass is 10.0. The first-order chi connectivity index (χ1) is 22.2. The molecule has 3 heterocycles. The zero-order chi connectivity index (χ0) is 33.1. The number of benzene rings is 1. The average Bonchev–Trinajstić information content (AvgIpc) is 3.31. The second kappa shape index (κ2) is 17.5. The van der Waals surface area contributed by atoms with Crippen molar-refractivity contribution in [1.29, 1.82) is 5.26 Å². The monoisotopic (exact) mass is 663 g/mol. The van der Waals surface area contributed by atoms with Crippen LogP contribution in [0.1, 0.15) is 87.0 Å². The number of thiocarbonyl (C=S) groups is 1. The number of thioether (sulfide) groups is 1. The predicted molar refractivity (Wildman–Crippen MR) is 189 cm³/mol. The Morgan fingerprint density at radius 2 is 1.63 bits per heavy atom. The fourth-order valence-corrected chi connectivity index (χ4v) is 7.46. The minimum absolute atomic E-state index is 0.108. The summed E-state index contributed by atoms with van der Waals surface area (Å²) < 4.78 is 2.21. The standard InChI is InChI=1S/C35H45N5O4S2/c1-3-39-32(38-21-19-37(20-22-38)25-27-15-11-10-12-16-27)28(26(2)29(24-36)33(39)43)23-30-34(44)40(35(45)46-30)18-14-9-7-5-4-6-8-13-17-31(41)42/h10-12,15-16,23H,3-9,13-14,17-22,25H2,1-2H3,(H,41,42)/b30-23-. The molecule has 46 heavy (non-hydrogen) atoms. The summed E-state index contributed by atoms with van der Waals surface area (Å²) in [6, 6.07) is 12.5. The van der Waals surface area contributed by atoms with Crippen LogP contribution in [0.4, 0.5) is 5.82 Å². The summed E-state index contributed by atoms with van der Waals surface area (Å²) in [5, 5.41) is 18.7. The maximum atomic E-state index is 13.6. The molecule has 0 aliphatic carbocycles. The third kappa shape index (κ3) is 9.08. The second-order valence-electron chi connectivity index (χ2n) is 12.0. The van der Waals surface area contributed by atoms with Crippen molar-refractivity contribution in [2.45, 2.75) is 84.7 Å². The average molecular weight is 664 g/mol. The van der Waals surface area contributed by atoms with Crippen molar-refractivity contribution in [2.24, 2.45) is 0 Å². The van der Waals surface area contributed by atoms with Crippen molar-refractivity contribution < 1.29 is 14.7 Å². The Morgan fingerprint density at radius 3 is 2.24 bits per heavy atom. The van der Waals surface area contributed by atoms with Crippen molar-refractivity contribution in [3.8, 4) is 6.07 Å². The molecule has 2 aliphatic heterocycles. The maximum absolute atomic E-state index is 13.6. The fourth-order valence-electron chi connectivity index (χ4n) is 6.17. The highest BCUT2D eigenvalue weighted by atomic mass is 32.2. The summed E-state index contributed by atoms with van der Waals surface area (Å²) in [6.07, 6.45) is 9.95. The van der Waals surface area contributed by atoms with Crippen molar-refractivity contribution in [2.75, 3.05) is 37.6 Å². The van der Waals surface area contributed by atoms with E-state index in [0.717, 1.165) is 95.5 Å². The number of aliphatic carboxylic acids is 1. The van der Waals surface area contributed by atoms with Gasteiger partial charge < -0.3 is 10.0 Å². The lowest BCUT2D eigenvalue weighted by molar-refractivity contribution is -0.137. The molecule has 2 saturated heterocycles. The van der Waals surface area contributed by atoms with E-state index in [9.17, 15) is 19.6 Å². The number of carboxylic acid groups (broad SMARTS) is 1. The fraction of sp³-hybridized carbons (Fsp3) is 0.514. The lowest BCUT2D eigenvalue weighted by Gasteiger charge is -2.38. The molecule has 2 fully saturated rings. The molecule has 1 amide bonds. The molecule has 11 heteroatoms. The van der Waals surface area contributed by atoms with Crippen LogP contribution in [-0.4, -0.2) is 68.4 Å². The lowest BCUT2D eigenvalue weighted by Crippen LogP contribution is -2.48. The number of anilines is 1. The van der Waals surface area contributed by atoms with Gasteiger partial charge in [0, 0.05) is 57.8 Å². The molecule has 0 saturated carbocycles. The molecule has 2 aliphatic rings. The third-order valence-electron chi connectivity index (χ3n) is 8.75. The van der Waals surface area contributed by atoms with Gasteiger partial charge in [0.25, 0.3) is 11.5 Å². The highest BCUT2D eigenvalue weighted by Gasteiger charge is 2.33. The van der Waals surface area contributed by atoms with Crippen molar-refractivity contribution in [3.63, 3.8) is 0 Å². The Morgan fingerprint density at radius 1 is 1.00 bits per heavy atom. The molecule has 0 atom stereocenters. The van der Waals surface area contributed by atoms with Crippen LogP contribution in [-0.2, 0) is 22.7 Å². The van der Waals surface area contributed by atoms with Gasteiger partial charge in [-0.2, -0.15) is 5.26 Å². The molecule has 0 bridgehead atoms. The van der Waals surface area contributed by atoms with E-state index in [1.54, 1.807) is 16.4 Å². The normalized spacial score (nSPS) is 16.4. The minimum Gasteiger partial charge on any atom is -0.481 e. The topological polar surface area (TPSA) is 110 Å². The van der Waals surface area contributed by atoms with Gasteiger partial charge in [-0.15, -0.1) is 0 Å². The molecule has 0 radical (unpaired) electrons. The number of unbranched alkanes of at least 4 members (excludes halogenated alkanes) is 7. The van der Waals surface area contributed by atoms with Crippen LogP contribution in [0.2, 0.25) is 0 Å². The summed E-state index contributed by atoms with van der Waals surface area (Å²) in [4.78, 5) is 44.4. The summed E-state index contributed by atoms with van der Waals surface area (Å²) in [6.45, 7) is 8.67. The number of pyridine rings is 1. The highest BCUT2D eigenvalue weighted by Crippen LogP contribution is 2.36. The Bertz CT molecular complexity index is 1520. The minimum atomic E-state index is -0.730. The van der Waals surface area contributed by atoms with Gasteiger partial charge in [-0.05, 0) is 43.9 Å². The SMILES string of the molecule is CCn1c(N2CCN(Cc3ccccc3)CC2)c(/C=C2\SC(=S)N(CCCCCCCCCCC(=O)O)C2=O)c(C)c(C#N)c1=O. The van der Waals surface area contributed by atoms with Crippen molar-refractivity contribution >= 4 is 52.1 Å². The van der Waals surface area contributed by atoms with Crippen LogP contribution in [0, 0.1) is 18.3 Å². The van der Waals surface area contributed by atoms with Gasteiger partial charge in [-0.3, -0.25) is 28.8 Å². The largest absolute Gasteiger partial charge is 0.481 e. The predicted octanol–water partition coefficient (Wildman–Crippen LogP) is 6.17. The zero-order valence-electron chi connectivity index (χ0n) is 27.0. The number of aromatic nitrogens is 1. The van der Waals surface area contributed by atoms with Crippen molar-refractivity contribution in [1.82, 2.24) is 14.4 Å². The molecule has 246 valence electrons. The Hall–Kier alpha value is -3.46. The van der Waals surface area contributed by atoms with E-state index in [1.165, 1.54) is 17.3 Å². The first kappa shape index (κ1) is 35.4. The molecule has 4 rings (SSSR count). The number of hydrogen-bond donors (Lipinski definition) is 1. The van der Waals surface area contributed by atoms with Gasteiger partial charge in [0.2, 0.25) is 0 Å². The van der Waals surface area contributed by atoms with Gasteiger partial charge in [-0.1, -0.05) is 92.8 Å². The molecule has 0 spiro atoms. The molecule has 1 aromatic heterocycles. The summed E-state index contributed by atoms with van der Waals surface area (Å²) >= 11 is 6.91. The second-order valence-corrected chi connectivity index (χ2v) is 13.6. The van der Waals surface area contributed by atoms with E-state index in [2.05, 4.69) is 40.1 Å². The number of piperazine rings is 1. The summed E-state index contributed by atoms with van der Waals surface area (Å²) in [5.74, 6) is -0.0954. The van der Waals surface area contributed by atoms with Crippen LogP contribution < -0.4 is 10.5 Å². The van der Waals surface area contributed by atoms with Gasteiger partial charge in [0.05, 0.1) is 4.91 Å². The number of carbonyl (C=O) groups is 2. The van der Waals surface area contributed by atoms with Gasteiger partial charge in [-0.25, -0.2) is 0 Å². The summed E-state index contributed by atoms with van der Waals surface area (Å²) in [5.41, 5.74) is 2.40. The molecular formula is C35H45N5O4S2. The number of carboxylic acids is 1. The van der Waals surface area contributed by atoms with E-state index in [1.807, 2.05) is 19.1 Å². The zero-order valence-corrected chi connectivity index (χ0v) is 28.6.